The van der Waals surface area contributed by atoms with Crippen molar-refractivity contribution in [2.75, 3.05) is 26.2 Å². The molecule has 1 heterocycles. The highest BCUT2D eigenvalue weighted by molar-refractivity contribution is 9.10. The summed E-state index contributed by atoms with van der Waals surface area (Å²) in [7, 11) is -3.55. The van der Waals surface area contributed by atoms with Gasteiger partial charge in [0.25, 0.3) is 5.91 Å². The number of benzene rings is 2. The normalized spacial score (nSPS) is 16.0. The molecule has 0 radical (unpaired) electrons. The first-order chi connectivity index (χ1) is 11.9. The number of carbonyl (C=O) groups is 1. The molecule has 0 atom stereocenters. The van der Waals surface area contributed by atoms with Crippen molar-refractivity contribution in [1.82, 2.24) is 9.21 Å². The lowest BCUT2D eigenvalue weighted by Gasteiger charge is -2.34. The molecule has 1 aliphatic heterocycles. The number of hydrogen-bond donors (Lipinski definition) is 0. The summed E-state index contributed by atoms with van der Waals surface area (Å²) in [4.78, 5) is 14.4. The average Bonchev–Trinajstić information content (AvgIpc) is 2.61. The van der Waals surface area contributed by atoms with E-state index in [-0.39, 0.29) is 23.9 Å². The zero-order chi connectivity index (χ0) is 18.0. The topological polar surface area (TPSA) is 57.7 Å². The fourth-order valence-corrected chi connectivity index (χ4v) is 4.57. The van der Waals surface area contributed by atoms with Crippen LogP contribution < -0.4 is 0 Å². The van der Waals surface area contributed by atoms with Crippen LogP contribution in [0.2, 0.25) is 5.02 Å². The van der Waals surface area contributed by atoms with E-state index in [1.165, 1.54) is 4.31 Å². The summed E-state index contributed by atoms with van der Waals surface area (Å²) in [5.74, 6) is -0.136. The van der Waals surface area contributed by atoms with E-state index in [1.54, 1.807) is 53.4 Å². The van der Waals surface area contributed by atoms with Gasteiger partial charge in [-0.05, 0) is 42.5 Å². The number of hydrogen-bond acceptors (Lipinski definition) is 3. The molecule has 8 heteroatoms. The second-order valence-electron chi connectivity index (χ2n) is 5.66. The molecule has 2 aromatic rings. The molecule has 1 saturated heterocycles. The highest BCUT2D eigenvalue weighted by Crippen LogP contribution is 2.21. The van der Waals surface area contributed by atoms with E-state index >= 15 is 0 Å². The molecule has 132 valence electrons. The van der Waals surface area contributed by atoms with E-state index in [0.717, 1.165) is 4.47 Å². The van der Waals surface area contributed by atoms with E-state index in [1.807, 2.05) is 0 Å². The third-order valence-corrected chi connectivity index (χ3v) is 6.73. The zero-order valence-corrected chi connectivity index (χ0v) is 16.4. The Hall–Kier alpha value is -1.41. The number of amides is 1. The molecule has 1 amide bonds. The van der Waals surface area contributed by atoms with Crippen LogP contribution in [0, 0.1) is 0 Å². The molecule has 25 heavy (non-hydrogen) atoms. The van der Waals surface area contributed by atoms with Gasteiger partial charge in [0.05, 0.1) is 4.90 Å². The van der Waals surface area contributed by atoms with Crippen LogP contribution in [-0.4, -0.2) is 49.7 Å². The fraction of sp³-hybridized carbons (Fsp3) is 0.235. The number of nitrogens with zero attached hydrogens (tertiary/aromatic N) is 2. The van der Waals surface area contributed by atoms with Gasteiger partial charge < -0.3 is 4.90 Å². The summed E-state index contributed by atoms with van der Waals surface area (Å²) in [5, 5.41) is 0.502. The van der Waals surface area contributed by atoms with Crippen molar-refractivity contribution >= 4 is 43.5 Å². The number of sulfonamides is 1. The predicted octanol–water partition coefficient (Wildman–Crippen LogP) is 3.25. The van der Waals surface area contributed by atoms with Crippen molar-refractivity contribution in [3.8, 4) is 0 Å². The second-order valence-corrected chi connectivity index (χ2v) is 8.95. The van der Waals surface area contributed by atoms with Gasteiger partial charge in [-0.1, -0.05) is 33.6 Å². The van der Waals surface area contributed by atoms with E-state index in [2.05, 4.69) is 15.9 Å². The minimum atomic E-state index is -3.55. The second kappa shape index (κ2) is 7.45. The van der Waals surface area contributed by atoms with Gasteiger partial charge in [-0.2, -0.15) is 4.31 Å². The summed E-state index contributed by atoms with van der Waals surface area (Å²) in [6.07, 6.45) is 0. The highest BCUT2D eigenvalue weighted by Gasteiger charge is 2.30. The third-order valence-electron chi connectivity index (χ3n) is 4.05. The predicted molar refractivity (Wildman–Crippen MR) is 100 cm³/mol. The van der Waals surface area contributed by atoms with Gasteiger partial charge in [-0.3, -0.25) is 4.79 Å². The van der Waals surface area contributed by atoms with E-state index in [9.17, 15) is 13.2 Å². The van der Waals surface area contributed by atoms with Crippen molar-refractivity contribution in [3.05, 3.63) is 63.6 Å². The molecule has 0 aliphatic carbocycles. The van der Waals surface area contributed by atoms with Crippen LogP contribution in [0.25, 0.3) is 0 Å². The van der Waals surface area contributed by atoms with Crippen LogP contribution in [0.15, 0.2) is 57.9 Å². The highest BCUT2D eigenvalue weighted by atomic mass is 79.9. The standard InChI is InChI=1S/C17H16BrClN2O3S/c18-14-4-6-16(7-5-14)25(23,24)21-10-8-20(9-11-21)17(22)13-2-1-3-15(19)12-13/h1-7,12H,8-11H2. The molecular formula is C17H16BrClN2O3S. The van der Waals surface area contributed by atoms with Gasteiger partial charge in [-0.25, -0.2) is 8.42 Å². The maximum atomic E-state index is 12.7. The van der Waals surface area contributed by atoms with Gasteiger partial charge in [0.1, 0.15) is 0 Å². The Labute approximate surface area is 160 Å². The minimum absolute atomic E-state index is 0.136. The van der Waals surface area contributed by atoms with Crippen LogP contribution in [0.5, 0.6) is 0 Å². The van der Waals surface area contributed by atoms with Crippen LogP contribution in [0.3, 0.4) is 0 Å². The molecule has 1 fully saturated rings. The van der Waals surface area contributed by atoms with Crippen molar-refractivity contribution in [2.24, 2.45) is 0 Å². The summed E-state index contributed by atoms with van der Waals surface area (Å²) in [6.45, 7) is 1.23. The average molecular weight is 444 g/mol. The Balaban J connectivity index is 1.69. The smallest absolute Gasteiger partial charge is 0.253 e. The zero-order valence-electron chi connectivity index (χ0n) is 13.2. The molecule has 0 bridgehead atoms. The largest absolute Gasteiger partial charge is 0.336 e. The first-order valence-corrected chi connectivity index (χ1v) is 10.3. The van der Waals surface area contributed by atoms with Gasteiger partial charge >= 0.3 is 0 Å². The lowest BCUT2D eigenvalue weighted by atomic mass is 10.2. The number of halogens is 2. The molecule has 1 aliphatic rings. The quantitative estimate of drug-likeness (QED) is 0.732. The van der Waals surface area contributed by atoms with Crippen molar-refractivity contribution < 1.29 is 13.2 Å². The molecule has 3 rings (SSSR count). The van der Waals surface area contributed by atoms with Gasteiger partial charge in [0.2, 0.25) is 10.0 Å². The van der Waals surface area contributed by atoms with E-state index in [4.69, 9.17) is 11.6 Å². The van der Waals surface area contributed by atoms with E-state index in [0.29, 0.717) is 23.7 Å². The van der Waals surface area contributed by atoms with Crippen molar-refractivity contribution in [2.45, 2.75) is 4.90 Å². The molecule has 5 nitrogen and oxygen atoms in total. The van der Waals surface area contributed by atoms with Crippen molar-refractivity contribution in [3.63, 3.8) is 0 Å². The Morgan fingerprint density at radius 1 is 1.00 bits per heavy atom. The molecule has 2 aromatic carbocycles. The molecule has 0 saturated carbocycles. The SMILES string of the molecule is O=C(c1cccc(Cl)c1)N1CCN(S(=O)(=O)c2ccc(Br)cc2)CC1. The number of rotatable bonds is 3. The Bertz CT molecular complexity index is 879. The monoisotopic (exact) mass is 442 g/mol. The maximum absolute atomic E-state index is 12.7. The van der Waals surface area contributed by atoms with Crippen LogP contribution in [0.1, 0.15) is 10.4 Å². The lowest BCUT2D eigenvalue weighted by Crippen LogP contribution is -2.50. The number of piperazine rings is 1. The molecule has 0 N–H and O–H groups in total. The summed E-state index contributed by atoms with van der Waals surface area (Å²) in [6, 6.07) is 13.3. The molecule has 0 unspecified atom stereocenters. The fourth-order valence-electron chi connectivity index (χ4n) is 2.69. The van der Waals surface area contributed by atoms with Crippen LogP contribution in [0.4, 0.5) is 0 Å². The Morgan fingerprint density at radius 3 is 2.24 bits per heavy atom. The lowest BCUT2D eigenvalue weighted by molar-refractivity contribution is 0.0698. The molecular weight excluding hydrogens is 428 g/mol. The van der Waals surface area contributed by atoms with Crippen molar-refractivity contribution in [1.29, 1.82) is 0 Å². The first-order valence-electron chi connectivity index (χ1n) is 7.68. The minimum Gasteiger partial charge on any atom is -0.336 e. The number of carbonyl (C=O) groups excluding carboxylic acids is 1. The summed E-state index contributed by atoms with van der Waals surface area (Å²) >= 11 is 9.23. The Kier molecular flexibility index (Phi) is 5.48. The molecule has 0 aromatic heterocycles. The van der Waals surface area contributed by atoms with Gasteiger partial charge in [-0.15, -0.1) is 0 Å². The van der Waals surface area contributed by atoms with E-state index < -0.39 is 10.0 Å². The van der Waals surface area contributed by atoms with Crippen LogP contribution >= 0.6 is 27.5 Å². The summed E-state index contributed by atoms with van der Waals surface area (Å²) in [5.41, 5.74) is 0.511. The summed E-state index contributed by atoms with van der Waals surface area (Å²) < 4.78 is 27.6. The molecule has 0 spiro atoms. The third kappa shape index (κ3) is 4.06. The first kappa shape index (κ1) is 18.4. The van der Waals surface area contributed by atoms with Gasteiger partial charge in [0, 0.05) is 41.2 Å². The van der Waals surface area contributed by atoms with Crippen LogP contribution in [-0.2, 0) is 10.0 Å². The van der Waals surface area contributed by atoms with Gasteiger partial charge in [0.15, 0.2) is 0 Å². The Morgan fingerprint density at radius 2 is 1.64 bits per heavy atom. The maximum Gasteiger partial charge on any atom is 0.253 e.